The molecule has 1 rings (SSSR count). The summed E-state index contributed by atoms with van der Waals surface area (Å²) in [7, 11) is 0. The van der Waals surface area contributed by atoms with Crippen LogP contribution in [0.1, 0.15) is 12.0 Å². The summed E-state index contributed by atoms with van der Waals surface area (Å²) in [5.74, 6) is -0.169. The zero-order chi connectivity index (χ0) is 13.4. The van der Waals surface area contributed by atoms with Crippen molar-refractivity contribution in [1.29, 1.82) is 0 Å². The molecule has 5 N–H and O–H groups in total. The second kappa shape index (κ2) is 7.29. The molecule has 0 spiro atoms. The second-order valence-electron chi connectivity index (χ2n) is 3.67. The fraction of sp³-hybridized carbons (Fsp3) is 0.333. The maximum atomic E-state index is 11.4. The maximum Gasteiger partial charge on any atom is 0.257 e. The molecule has 0 aromatic heterocycles. The molecular weight excluding hydrogens is 234 g/mol. The number of carbonyl (C=O) groups is 2. The van der Waals surface area contributed by atoms with E-state index in [0.29, 0.717) is 12.3 Å². The number of carbonyl (C=O) groups excluding carboxylic acids is 2. The van der Waals surface area contributed by atoms with Gasteiger partial charge >= 0.3 is 0 Å². The first-order valence-electron chi connectivity index (χ1n) is 5.59. The lowest BCUT2D eigenvalue weighted by atomic mass is 10.2. The van der Waals surface area contributed by atoms with Crippen LogP contribution in [-0.4, -0.2) is 25.0 Å². The Kier molecular flexibility index (Phi) is 5.66. The fourth-order valence-corrected chi connectivity index (χ4v) is 1.33. The first kappa shape index (κ1) is 14.0. The summed E-state index contributed by atoms with van der Waals surface area (Å²) in [4.78, 5) is 21.8. The SMILES string of the molecule is NCc1ccccc1OCC(=O)NCCC(N)=O. The van der Waals surface area contributed by atoms with E-state index in [1.165, 1.54) is 0 Å². The minimum absolute atomic E-state index is 0.115. The highest BCUT2D eigenvalue weighted by atomic mass is 16.5. The Morgan fingerprint density at radius 1 is 1.28 bits per heavy atom. The molecule has 0 saturated carbocycles. The molecule has 98 valence electrons. The largest absolute Gasteiger partial charge is 0.483 e. The lowest BCUT2D eigenvalue weighted by molar-refractivity contribution is -0.123. The summed E-state index contributed by atoms with van der Waals surface area (Å²) in [6.45, 7) is 0.450. The lowest BCUT2D eigenvalue weighted by Crippen LogP contribution is -2.31. The van der Waals surface area contributed by atoms with E-state index in [0.717, 1.165) is 5.56 Å². The van der Waals surface area contributed by atoms with Crippen LogP contribution in [-0.2, 0) is 16.1 Å². The van der Waals surface area contributed by atoms with Crippen molar-refractivity contribution in [2.45, 2.75) is 13.0 Å². The summed E-state index contributed by atoms with van der Waals surface area (Å²) in [6.07, 6.45) is 0.116. The third-order valence-corrected chi connectivity index (χ3v) is 2.24. The van der Waals surface area contributed by atoms with E-state index < -0.39 is 5.91 Å². The molecule has 0 heterocycles. The molecule has 6 nitrogen and oxygen atoms in total. The number of hydrogen-bond donors (Lipinski definition) is 3. The molecule has 1 aromatic carbocycles. The lowest BCUT2D eigenvalue weighted by Gasteiger charge is -2.10. The number of ether oxygens (including phenoxy) is 1. The summed E-state index contributed by atoms with van der Waals surface area (Å²) >= 11 is 0. The van der Waals surface area contributed by atoms with Crippen molar-refractivity contribution in [3.63, 3.8) is 0 Å². The van der Waals surface area contributed by atoms with Crippen molar-refractivity contribution in [2.24, 2.45) is 11.5 Å². The highest BCUT2D eigenvalue weighted by Crippen LogP contribution is 2.16. The number of amides is 2. The van der Waals surface area contributed by atoms with Crippen molar-refractivity contribution in [3.05, 3.63) is 29.8 Å². The molecule has 1 aromatic rings. The van der Waals surface area contributed by atoms with E-state index in [4.69, 9.17) is 16.2 Å². The van der Waals surface area contributed by atoms with Crippen molar-refractivity contribution in [1.82, 2.24) is 5.32 Å². The Morgan fingerprint density at radius 2 is 2.00 bits per heavy atom. The summed E-state index contributed by atoms with van der Waals surface area (Å²) in [6, 6.07) is 7.24. The number of benzene rings is 1. The molecule has 0 saturated heterocycles. The molecule has 0 fully saturated rings. The van der Waals surface area contributed by atoms with Gasteiger partial charge in [-0.1, -0.05) is 18.2 Å². The van der Waals surface area contributed by atoms with Crippen LogP contribution in [0.25, 0.3) is 0 Å². The average molecular weight is 251 g/mol. The van der Waals surface area contributed by atoms with Gasteiger partial charge in [0.15, 0.2) is 6.61 Å². The molecule has 0 radical (unpaired) electrons. The van der Waals surface area contributed by atoms with Gasteiger partial charge < -0.3 is 21.5 Å². The van der Waals surface area contributed by atoms with E-state index in [-0.39, 0.29) is 25.5 Å². The topological polar surface area (TPSA) is 107 Å². The molecule has 0 unspecified atom stereocenters. The second-order valence-corrected chi connectivity index (χ2v) is 3.67. The van der Waals surface area contributed by atoms with Gasteiger partial charge in [0.25, 0.3) is 5.91 Å². The van der Waals surface area contributed by atoms with Gasteiger partial charge in [0.2, 0.25) is 5.91 Å². The third kappa shape index (κ3) is 4.84. The van der Waals surface area contributed by atoms with Crippen LogP contribution in [0.4, 0.5) is 0 Å². The quantitative estimate of drug-likeness (QED) is 0.608. The number of primary amides is 1. The first-order valence-corrected chi connectivity index (χ1v) is 5.59. The number of nitrogens with two attached hydrogens (primary N) is 2. The Morgan fingerprint density at radius 3 is 2.67 bits per heavy atom. The van der Waals surface area contributed by atoms with E-state index in [9.17, 15) is 9.59 Å². The van der Waals surface area contributed by atoms with E-state index >= 15 is 0 Å². The van der Waals surface area contributed by atoms with Gasteiger partial charge in [-0.25, -0.2) is 0 Å². The Labute approximate surface area is 105 Å². The number of hydrogen-bond acceptors (Lipinski definition) is 4. The minimum atomic E-state index is -0.454. The fourth-order valence-electron chi connectivity index (χ4n) is 1.33. The number of para-hydroxylation sites is 1. The van der Waals surface area contributed by atoms with Crippen molar-refractivity contribution in [2.75, 3.05) is 13.2 Å². The molecule has 6 heteroatoms. The maximum absolute atomic E-state index is 11.4. The average Bonchev–Trinajstić information content (AvgIpc) is 2.36. The van der Waals surface area contributed by atoms with Crippen LogP contribution in [0.5, 0.6) is 5.75 Å². The van der Waals surface area contributed by atoms with Crippen LogP contribution in [0, 0.1) is 0 Å². The van der Waals surface area contributed by atoms with Gasteiger partial charge in [0.1, 0.15) is 5.75 Å². The minimum Gasteiger partial charge on any atom is -0.483 e. The van der Waals surface area contributed by atoms with E-state index in [1.807, 2.05) is 12.1 Å². The van der Waals surface area contributed by atoms with Crippen LogP contribution in [0.2, 0.25) is 0 Å². The van der Waals surface area contributed by atoms with Crippen molar-refractivity contribution < 1.29 is 14.3 Å². The molecule has 0 aliphatic heterocycles. The zero-order valence-corrected chi connectivity index (χ0v) is 10.0. The third-order valence-electron chi connectivity index (χ3n) is 2.24. The first-order chi connectivity index (χ1) is 8.63. The molecule has 0 bridgehead atoms. The van der Waals surface area contributed by atoms with Crippen molar-refractivity contribution in [3.8, 4) is 5.75 Å². The monoisotopic (exact) mass is 251 g/mol. The zero-order valence-electron chi connectivity index (χ0n) is 10.0. The van der Waals surface area contributed by atoms with Crippen LogP contribution < -0.4 is 21.5 Å². The summed E-state index contributed by atoms with van der Waals surface area (Å²) in [5.41, 5.74) is 11.3. The molecule has 18 heavy (non-hydrogen) atoms. The van der Waals surface area contributed by atoms with Crippen molar-refractivity contribution >= 4 is 11.8 Å². The van der Waals surface area contributed by atoms with Crippen LogP contribution in [0.15, 0.2) is 24.3 Å². The number of rotatable bonds is 7. The molecule has 0 atom stereocenters. The highest BCUT2D eigenvalue weighted by Gasteiger charge is 2.05. The van der Waals surface area contributed by atoms with Crippen LogP contribution in [0.3, 0.4) is 0 Å². The van der Waals surface area contributed by atoms with Crippen LogP contribution >= 0.6 is 0 Å². The van der Waals surface area contributed by atoms with Gasteiger partial charge in [0, 0.05) is 25.1 Å². The van der Waals surface area contributed by atoms with E-state index in [1.54, 1.807) is 12.1 Å². The van der Waals surface area contributed by atoms with Gasteiger partial charge in [-0.05, 0) is 6.07 Å². The molecule has 2 amide bonds. The number of nitrogens with one attached hydrogen (secondary N) is 1. The predicted molar refractivity (Wildman–Crippen MR) is 66.6 cm³/mol. The Bertz CT molecular complexity index is 421. The summed E-state index contributed by atoms with van der Waals surface area (Å²) in [5, 5.41) is 2.53. The summed E-state index contributed by atoms with van der Waals surface area (Å²) < 4.78 is 5.34. The normalized spacial score (nSPS) is 9.83. The van der Waals surface area contributed by atoms with E-state index in [2.05, 4.69) is 5.32 Å². The van der Waals surface area contributed by atoms with Gasteiger partial charge in [0.05, 0.1) is 0 Å². The highest BCUT2D eigenvalue weighted by molar-refractivity contribution is 5.79. The Balaban J connectivity index is 2.35. The van der Waals surface area contributed by atoms with Gasteiger partial charge in [-0.15, -0.1) is 0 Å². The Hall–Kier alpha value is -2.08. The smallest absolute Gasteiger partial charge is 0.257 e. The standard InChI is InChI=1S/C12H17N3O3/c13-7-9-3-1-2-4-10(9)18-8-12(17)15-6-5-11(14)16/h1-4H,5-8,13H2,(H2,14,16)(H,15,17). The van der Waals surface area contributed by atoms with Gasteiger partial charge in [-0.2, -0.15) is 0 Å². The molecular formula is C12H17N3O3. The molecule has 0 aliphatic rings. The molecule has 0 aliphatic carbocycles. The predicted octanol–water partition coefficient (Wildman–Crippen LogP) is -0.484. The van der Waals surface area contributed by atoms with Gasteiger partial charge in [-0.3, -0.25) is 9.59 Å².